The lowest BCUT2D eigenvalue weighted by Gasteiger charge is -2.02. The topological polar surface area (TPSA) is 70.2 Å². The molecule has 1 aromatic heterocycles. The van der Waals surface area contributed by atoms with Crippen LogP contribution in [0.1, 0.15) is 5.69 Å². The Balaban J connectivity index is 2.39. The van der Waals surface area contributed by atoms with Crippen LogP contribution < -0.4 is 5.56 Å². The first kappa shape index (κ1) is 11.1. The average Bonchev–Trinajstić information content (AvgIpc) is 2.29. The second kappa shape index (κ2) is 4.65. The Bertz CT molecular complexity index is 587. The summed E-state index contributed by atoms with van der Waals surface area (Å²) < 4.78 is 0. The summed E-state index contributed by atoms with van der Waals surface area (Å²) in [5.74, 6) is -0.965. The van der Waals surface area contributed by atoms with Gasteiger partial charge in [0.05, 0.1) is 6.42 Å². The summed E-state index contributed by atoms with van der Waals surface area (Å²) in [4.78, 5) is 24.9. The van der Waals surface area contributed by atoms with Crippen LogP contribution in [-0.2, 0) is 11.2 Å². The number of carbonyl (C=O) groups is 1. The maximum absolute atomic E-state index is 11.8. The van der Waals surface area contributed by atoms with Crippen LogP contribution in [0.3, 0.4) is 0 Å². The molecule has 0 spiro atoms. The Morgan fingerprint density at radius 3 is 2.41 bits per heavy atom. The van der Waals surface area contributed by atoms with Crippen molar-refractivity contribution >= 4 is 5.97 Å². The van der Waals surface area contributed by atoms with E-state index in [1.165, 1.54) is 0 Å². The third-order valence-corrected chi connectivity index (χ3v) is 2.40. The fourth-order valence-electron chi connectivity index (χ4n) is 1.63. The van der Waals surface area contributed by atoms with Crippen LogP contribution >= 0.6 is 0 Å². The van der Waals surface area contributed by atoms with Crippen LogP contribution in [0.15, 0.2) is 47.3 Å². The summed E-state index contributed by atoms with van der Waals surface area (Å²) in [5, 5.41) is 8.62. The van der Waals surface area contributed by atoms with Gasteiger partial charge in [-0.3, -0.25) is 9.59 Å². The molecule has 2 N–H and O–H groups in total. The smallest absolute Gasteiger partial charge is 0.309 e. The summed E-state index contributed by atoms with van der Waals surface area (Å²) in [6.07, 6.45) is -0.176. The molecule has 0 radical (unpaired) electrons. The number of H-pyrrole nitrogens is 1. The summed E-state index contributed by atoms with van der Waals surface area (Å²) in [6.45, 7) is 0. The lowest BCUT2D eigenvalue weighted by molar-refractivity contribution is -0.136. The average molecular weight is 229 g/mol. The van der Waals surface area contributed by atoms with E-state index >= 15 is 0 Å². The van der Waals surface area contributed by atoms with E-state index in [1.54, 1.807) is 12.1 Å². The van der Waals surface area contributed by atoms with E-state index in [4.69, 9.17) is 5.11 Å². The molecule has 0 aliphatic carbocycles. The number of nitrogens with one attached hydrogen (secondary N) is 1. The fraction of sp³-hybridized carbons (Fsp3) is 0.0769. The summed E-state index contributed by atoms with van der Waals surface area (Å²) in [5.41, 5.74) is 1.49. The maximum atomic E-state index is 11.8. The zero-order valence-corrected chi connectivity index (χ0v) is 9.01. The van der Waals surface area contributed by atoms with Gasteiger partial charge in [0.25, 0.3) is 5.56 Å². The van der Waals surface area contributed by atoms with Gasteiger partial charge in [0.1, 0.15) is 0 Å². The van der Waals surface area contributed by atoms with Crippen molar-refractivity contribution in [3.8, 4) is 11.1 Å². The minimum absolute atomic E-state index is 0.176. The van der Waals surface area contributed by atoms with Crippen molar-refractivity contribution in [3.63, 3.8) is 0 Å². The van der Waals surface area contributed by atoms with Gasteiger partial charge in [-0.05, 0) is 17.7 Å². The highest BCUT2D eigenvalue weighted by molar-refractivity contribution is 5.70. The molecule has 0 aliphatic heterocycles. The molecule has 0 unspecified atom stereocenters. The van der Waals surface area contributed by atoms with Crippen molar-refractivity contribution in [1.82, 2.24) is 4.98 Å². The zero-order valence-electron chi connectivity index (χ0n) is 9.01. The van der Waals surface area contributed by atoms with Gasteiger partial charge < -0.3 is 10.1 Å². The normalized spacial score (nSPS) is 10.1. The molecular formula is C13H11NO3. The van der Waals surface area contributed by atoms with Crippen LogP contribution in [0.5, 0.6) is 0 Å². The lowest BCUT2D eigenvalue weighted by Crippen LogP contribution is -2.13. The Kier molecular flexibility index (Phi) is 3.05. The van der Waals surface area contributed by atoms with Crippen molar-refractivity contribution in [2.24, 2.45) is 0 Å². The van der Waals surface area contributed by atoms with Crippen molar-refractivity contribution in [3.05, 3.63) is 58.5 Å². The highest BCUT2D eigenvalue weighted by Crippen LogP contribution is 2.14. The van der Waals surface area contributed by atoms with Gasteiger partial charge >= 0.3 is 5.97 Å². The van der Waals surface area contributed by atoms with Crippen molar-refractivity contribution < 1.29 is 9.90 Å². The first-order valence-corrected chi connectivity index (χ1v) is 5.16. The first-order chi connectivity index (χ1) is 8.16. The van der Waals surface area contributed by atoms with Crippen molar-refractivity contribution in [2.75, 3.05) is 0 Å². The molecule has 1 heterocycles. The Morgan fingerprint density at radius 1 is 1.12 bits per heavy atom. The second-order valence-corrected chi connectivity index (χ2v) is 3.66. The molecule has 0 bridgehead atoms. The molecule has 0 saturated heterocycles. The molecule has 4 heteroatoms. The molecular weight excluding hydrogens is 218 g/mol. The van der Waals surface area contributed by atoms with Crippen LogP contribution in [0.2, 0.25) is 0 Å². The molecule has 86 valence electrons. The molecule has 0 amide bonds. The SMILES string of the molecule is O=C(O)Cc1ccc(-c2ccccc2)c(=O)[nH]1. The number of rotatable bonds is 3. The van der Waals surface area contributed by atoms with E-state index in [1.807, 2.05) is 30.3 Å². The van der Waals surface area contributed by atoms with E-state index in [9.17, 15) is 9.59 Å². The number of hydrogen-bond acceptors (Lipinski definition) is 2. The second-order valence-electron chi connectivity index (χ2n) is 3.66. The minimum Gasteiger partial charge on any atom is -0.481 e. The van der Waals surface area contributed by atoms with E-state index in [0.717, 1.165) is 5.56 Å². The molecule has 2 rings (SSSR count). The van der Waals surface area contributed by atoms with E-state index in [2.05, 4.69) is 4.98 Å². The minimum atomic E-state index is -0.965. The third-order valence-electron chi connectivity index (χ3n) is 2.40. The zero-order chi connectivity index (χ0) is 12.3. The predicted molar refractivity (Wildman–Crippen MR) is 63.8 cm³/mol. The highest BCUT2D eigenvalue weighted by Gasteiger charge is 2.05. The Morgan fingerprint density at radius 2 is 1.82 bits per heavy atom. The van der Waals surface area contributed by atoms with Gasteiger partial charge in [-0.15, -0.1) is 0 Å². The van der Waals surface area contributed by atoms with Gasteiger partial charge in [0, 0.05) is 11.3 Å². The number of hydrogen-bond donors (Lipinski definition) is 2. The number of carboxylic acids is 1. The molecule has 0 saturated carbocycles. The quantitative estimate of drug-likeness (QED) is 0.841. The van der Waals surface area contributed by atoms with Crippen LogP contribution in [-0.4, -0.2) is 16.1 Å². The summed E-state index contributed by atoms with van der Waals surface area (Å²) in [6, 6.07) is 12.5. The maximum Gasteiger partial charge on any atom is 0.309 e. The summed E-state index contributed by atoms with van der Waals surface area (Å²) in [7, 11) is 0. The Hall–Kier alpha value is -2.36. The van der Waals surface area contributed by atoms with Gasteiger partial charge in [-0.2, -0.15) is 0 Å². The fourth-order valence-corrected chi connectivity index (χ4v) is 1.63. The first-order valence-electron chi connectivity index (χ1n) is 5.16. The van der Waals surface area contributed by atoms with Crippen molar-refractivity contribution in [2.45, 2.75) is 6.42 Å². The standard InChI is InChI=1S/C13H11NO3/c15-12(16)8-10-6-7-11(13(17)14-10)9-4-2-1-3-5-9/h1-7H,8H2,(H,14,17)(H,15,16). The summed E-state index contributed by atoms with van der Waals surface area (Å²) >= 11 is 0. The Labute approximate surface area is 97.6 Å². The molecule has 1 aromatic carbocycles. The number of benzene rings is 1. The van der Waals surface area contributed by atoms with Crippen LogP contribution in [0.25, 0.3) is 11.1 Å². The van der Waals surface area contributed by atoms with E-state index in [0.29, 0.717) is 11.3 Å². The van der Waals surface area contributed by atoms with Crippen molar-refractivity contribution in [1.29, 1.82) is 0 Å². The van der Waals surface area contributed by atoms with Crippen LogP contribution in [0, 0.1) is 0 Å². The number of aliphatic carboxylic acids is 1. The number of carboxylic acid groups (broad SMARTS) is 1. The highest BCUT2D eigenvalue weighted by atomic mass is 16.4. The van der Waals surface area contributed by atoms with Gasteiger partial charge in [-0.1, -0.05) is 30.3 Å². The molecule has 4 nitrogen and oxygen atoms in total. The van der Waals surface area contributed by atoms with E-state index < -0.39 is 5.97 Å². The molecule has 0 fully saturated rings. The lowest BCUT2D eigenvalue weighted by atomic mass is 10.1. The largest absolute Gasteiger partial charge is 0.481 e. The molecule has 0 aliphatic rings. The molecule has 2 aromatic rings. The number of pyridine rings is 1. The van der Waals surface area contributed by atoms with Crippen LogP contribution in [0.4, 0.5) is 0 Å². The van der Waals surface area contributed by atoms with Gasteiger partial charge in [-0.25, -0.2) is 0 Å². The third kappa shape index (κ3) is 2.60. The molecule has 0 atom stereocenters. The van der Waals surface area contributed by atoms with Gasteiger partial charge in [0.2, 0.25) is 0 Å². The number of aromatic nitrogens is 1. The predicted octanol–water partition coefficient (Wildman–Crippen LogP) is 1.67. The number of aromatic amines is 1. The molecule has 17 heavy (non-hydrogen) atoms. The van der Waals surface area contributed by atoms with Gasteiger partial charge in [0.15, 0.2) is 0 Å². The van der Waals surface area contributed by atoms with E-state index in [-0.39, 0.29) is 12.0 Å². The monoisotopic (exact) mass is 229 g/mol.